The molecule has 0 radical (unpaired) electrons. The number of ether oxygens (including phenoxy) is 6. The van der Waals surface area contributed by atoms with Gasteiger partial charge in [0.2, 0.25) is 6.29 Å². The molecule has 0 bridgehead atoms. The molecule has 8 heteroatoms. The Balaban J connectivity index is 1.81. The summed E-state index contributed by atoms with van der Waals surface area (Å²) in [6, 6.07) is 9.65. The van der Waals surface area contributed by atoms with E-state index in [2.05, 4.69) is 0 Å². The van der Waals surface area contributed by atoms with Gasteiger partial charge in [0.1, 0.15) is 24.9 Å². The molecule has 1 aromatic rings. The zero-order valence-electron chi connectivity index (χ0n) is 16.5. The van der Waals surface area contributed by atoms with Crippen LogP contribution in [0.25, 0.3) is 0 Å². The number of carbonyl (C=O) groups excluding carboxylic acids is 2. The van der Waals surface area contributed by atoms with E-state index in [9.17, 15) is 9.59 Å². The molecule has 2 aliphatic rings. The van der Waals surface area contributed by atoms with Crippen LogP contribution in [0, 0.1) is 0 Å². The van der Waals surface area contributed by atoms with Gasteiger partial charge in [-0.05, 0) is 19.4 Å². The first kappa shape index (κ1) is 20.7. The Hall–Kier alpha value is -2.00. The van der Waals surface area contributed by atoms with Crippen molar-refractivity contribution in [1.82, 2.24) is 0 Å². The Morgan fingerprint density at radius 3 is 2.36 bits per heavy atom. The predicted molar refractivity (Wildman–Crippen MR) is 95.9 cm³/mol. The maximum Gasteiger partial charge on any atom is 0.305 e. The van der Waals surface area contributed by atoms with Crippen LogP contribution < -0.4 is 0 Å². The maximum atomic E-state index is 11.5. The van der Waals surface area contributed by atoms with Crippen molar-refractivity contribution in [2.45, 2.75) is 70.8 Å². The van der Waals surface area contributed by atoms with E-state index in [1.165, 1.54) is 13.8 Å². The number of benzene rings is 1. The molecule has 0 amide bonds. The summed E-state index contributed by atoms with van der Waals surface area (Å²) in [6.07, 6.45) is -3.47. The van der Waals surface area contributed by atoms with Crippen LogP contribution in [0.15, 0.2) is 30.3 Å². The van der Waals surface area contributed by atoms with Gasteiger partial charge in [-0.15, -0.1) is 0 Å². The maximum absolute atomic E-state index is 11.5. The summed E-state index contributed by atoms with van der Waals surface area (Å²) >= 11 is 0. The second-order valence-electron chi connectivity index (χ2n) is 7.28. The number of carbonyl (C=O) groups is 2. The minimum absolute atomic E-state index is 0.0560. The minimum Gasteiger partial charge on any atom is -0.463 e. The molecule has 2 heterocycles. The third-order valence-corrected chi connectivity index (χ3v) is 4.45. The summed E-state index contributed by atoms with van der Waals surface area (Å²) in [4.78, 5) is 22.8. The van der Waals surface area contributed by atoms with Crippen LogP contribution in [0.5, 0.6) is 0 Å². The molecule has 2 fully saturated rings. The smallest absolute Gasteiger partial charge is 0.305 e. The topological polar surface area (TPSA) is 89.5 Å². The quantitative estimate of drug-likeness (QED) is 0.677. The molecule has 5 atom stereocenters. The van der Waals surface area contributed by atoms with Crippen LogP contribution >= 0.6 is 0 Å². The number of hydrogen-bond donors (Lipinski definition) is 0. The zero-order chi connectivity index (χ0) is 20.3. The fraction of sp³-hybridized carbons (Fsp3) is 0.600. The van der Waals surface area contributed by atoms with Crippen molar-refractivity contribution in [3.63, 3.8) is 0 Å². The van der Waals surface area contributed by atoms with E-state index in [-0.39, 0.29) is 6.61 Å². The SMILES string of the molecule is CC(=O)OC[C@@H]1OC(OC(C)=O)[C@@H]2OC(C)(C)O[C@H]2[C@@H]1OCc1ccccc1. The molecule has 154 valence electrons. The Labute approximate surface area is 164 Å². The third kappa shape index (κ3) is 5.08. The van der Waals surface area contributed by atoms with Crippen LogP contribution in [0.2, 0.25) is 0 Å². The number of fused-ring (bicyclic) bond motifs is 1. The summed E-state index contributed by atoms with van der Waals surface area (Å²) < 4.78 is 34.4. The normalized spacial score (nSPS) is 31.1. The van der Waals surface area contributed by atoms with E-state index < -0.39 is 48.4 Å². The number of esters is 2. The van der Waals surface area contributed by atoms with Gasteiger partial charge in [0, 0.05) is 13.8 Å². The average molecular weight is 394 g/mol. The van der Waals surface area contributed by atoms with E-state index >= 15 is 0 Å². The summed E-state index contributed by atoms with van der Waals surface area (Å²) in [5.41, 5.74) is 0.977. The molecule has 0 aromatic heterocycles. The van der Waals surface area contributed by atoms with Crippen LogP contribution in [0.3, 0.4) is 0 Å². The average Bonchev–Trinajstić information content (AvgIpc) is 2.95. The molecule has 0 spiro atoms. The van der Waals surface area contributed by atoms with Gasteiger partial charge in [-0.2, -0.15) is 0 Å². The summed E-state index contributed by atoms with van der Waals surface area (Å²) in [5.74, 6) is -1.85. The van der Waals surface area contributed by atoms with Gasteiger partial charge in [-0.3, -0.25) is 9.59 Å². The molecule has 3 rings (SSSR count). The lowest BCUT2D eigenvalue weighted by Crippen LogP contribution is -2.59. The van der Waals surface area contributed by atoms with Gasteiger partial charge < -0.3 is 28.4 Å². The van der Waals surface area contributed by atoms with E-state index in [0.29, 0.717) is 6.61 Å². The Kier molecular flexibility index (Phi) is 6.34. The highest BCUT2D eigenvalue weighted by Gasteiger charge is 2.57. The first-order valence-corrected chi connectivity index (χ1v) is 9.22. The Morgan fingerprint density at radius 2 is 1.71 bits per heavy atom. The molecule has 28 heavy (non-hydrogen) atoms. The first-order valence-electron chi connectivity index (χ1n) is 9.22. The molecule has 0 N–H and O–H groups in total. The van der Waals surface area contributed by atoms with Crippen molar-refractivity contribution in [3.05, 3.63) is 35.9 Å². The molecular formula is C20H26O8. The van der Waals surface area contributed by atoms with Gasteiger partial charge in [0.05, 0.1) is 6.61 Å². The van der Waals surface area contributed by atoms with Crippen LogP contribution in [-0.4, -0.2) is 55.0 Å². The van der Waals surface area contributed by atoms with Crippen LogP contribution in [0.4, 0.5) is 0 Å². The highest BCUT2D eigenvalue weighted by Crippen LogP contribution is 2.39. The van der Waals surface area contributed by atoms with Gasteiger partial charge in [0.15, 0.2) is 11.9 Å². The van der Waals surface area contributed by atoms with Gasteiger partial charge in [0.25, 0.3) is 0 Å². The lowest BCUT2D eigenvalue weighted by molar-refractivity contribution is -0.280. The summed E-state index contributed by atoms with van der Waals surface area (Å²) in [7, 11) is 0. The van der Waals surface area contributed by atoms with Crippen LogP contribution in [0.1, 0.15) is 33.3 Å². The van der Waals surface area contributed by atoms with Gasteiger partial charge >= 0.3 is 11.9 Å². The summed E-state index contributed by atoms with van der Waals surface area (Å²) in [5, 5.41) is 0. The summed E-state index contributed by atoms with van der Waals surface area (Å²) in [6.45, 7) is 6.40. The number of hydrogen-bond acceptors (Lipinski definition) is 8. The Morgan fingerprint density at radius 1 is 1.04 bits per heavy atom. The van der Waals surface area contributed by atoms with Crippen molar-refractivity contribution in [2.75, 3.05) is 6.61 Å². The van der Waals surface area contributed by atoms with E-state index in [1.807, 2.05) is 30.3 Å². The lowest BCUT2D eigenvalue weighted by Gasteiger charge is -2.41. The van der Waals surface area contributed by atoms with Crippen molar-refractivity contribution in [3.8, 4) is 0 Å². The van der Waals surface area contributed by atoms with Crippen molar-refractivity contribution >= 4 is 11.9 Å². The van der Waals surface area contributed by atoms with Crippen LogP contribution in [-0.2, 0) is 44.6 Å². The standard InChI is InChI=1S/C20H26O8/c1-12(21)23-11-15-16(24-10-14-8-6-5-7-9-14)17-18(28-20(3,4)27-17)19(26-15)25-13(2)22/h5-9,15-19H,10-11H2,1-4H3/t15-,16+,17-,18+,19?/m0/s1. The molecule has 0 aliphatic carbocycles. The monoisotopic (exact) mass is 394 g/mol. The van der Waals surface area contributed by atoms with E-state index in [4.69, 9.17) is 28.4 Å². The Bertz CT molecular complexity index is 689. The molecule has 1 unspecified atom stereocenters. The number of rotatable bonds is 6. The second kappa shape index (κ2) is 8.57. The highest BCUT2D eigenvalue weighted by molar-refractivity contribution is 5.66. The highest BCUT2D eigenvalue weighted by atomic mass is 16.8. The van der Waals surface area contributed by atoms with Crippen molar-refractivity contribution in [2.24, 2.45) is 0 Å². The molecule has 8 nitrogen and oxygen atoms in total. The fourth-order valence-electron chi connectivity index (χ4n) is 3.38. The largest absolute Gasteiger partial charge is 0.463 e. The predicted octanol–water partition coefficient (Wildman–Crippen LogP) is 1.94. The molecule has 2 aliphatic heterocycles. The van der Waals surface area contributed by atoms with Crippen molar-refractivity contribution < 1.29 is 38.0 Å². The third-order valence-electron chi connectivity index (χ3n) is 4.45. The van der Waals surface area contributed by atoms with E-state index in [1.54, 1.807) is 13.8 Å². The second-order valence-corrected chi connectivity index (χ2v) is 7.28. The first-order chi connectivity index (χ1) is 13.2. The molecule has 1 aromatic carbocycles. The molecule has 0 saturated carbocycles. The molecule has 2 saturated heterocycles. The van der Waals surface area contributed by atoms with Gasteiger partial charge in [-0.1, -0.05) is 30.3 Å². The van der Waals surface area contributed by atoms with Gasteiger partial charge in [-0.25, -0.2) is 0 Å². The fourth-order valence-corrected chi connectivity index (χ4v) is 3.38. The zero-order valence-corrected chi connectivity index (χ0v) is 16.5. The lowest BCUT2D eigenvalue weighted by atomic mass is 9.99. The minimum atomic E-state index is -0.985. The van der Waals surface area contributed by atoms with E-state index in [0.717, 1.165) is 5.56 Å². The molecular weight excluding hydrogens is 368 g/mol. The van der Waals surface area contributed by atoms with Crippen molar-refractivity contribution in [1.29, 1.82) is 0 Å².